The Bertz CT molecular complexity index is 470. The molecule has 1 rings (SSSR count). The van der Waals surface area contributed by atoms with Crippen LogP contribution in [0.25, 0.3) is 0 Å². The number of amides is 1. The van der Waals surface area contributed by atoms with E-state index in [1.807, 2.05) is 0 Å². The highest BCUT2D eigenvalue weighted by atomic mass is 19.4. The van der Waals surface area contributed by atoms with Crippen molar-refractivity contribution in [2.45, 2.75) is 18.2 Å². The van der Waals surface area contributed by atoms with Crippen LogP contribution >= 0.6 is 0 Å². The van der Waals surface area contributed by atoms with Gasteiger partial charge >= 0.3 is 6.18 Å². The van der Waals surface area contributed by atoms with Gasteiger partial charge in [-0.25, -0.2) is 4.98 Å². The number of rotatable bonds is 5. The van der Waals surface area contributed by atoms with Gasteiger partial charge in [-0.1, -0.05) is 6.58 Å². The summed E-state index contributed by atoms with van der Waals surface area (Å²) in [6, 6.07) is 0. The first-order valence-electron chi connectivity index (χ1n) is 5.39. The van der Waals surface area contributed by atoms with E-state index in [0.717, 1.165) is 16.8 Å². The molecule has 0 saturated heterocycles. The largest absolute Gasteiger partial charge is 0.424 e. The number of nitrogens with zero attached hydrogens (tertiary/aromatic N) is 2. The minimum absolute atomic E-state index is 0.353. The van der Waals surface area contributed by atoms with Crippen molar-refractivity contribution >= 4 is 5.91 Å². The zero-order valence-corrected chi connectivity index (χ0v) is 10.2. The summed E-state index contributed by atoms with van der Waals surface area (Å²) in [5.74, 6) is -1.13. The van der Waals surface area contributed by atoms with Crippen LogP contribution < -0.4 is 5.32 Å². The maximum absolute atomic E-state index is 13.0. The highest BCUT2D eigenvalue weighted by molar-refractivity contribution is 5.86. The predicted molar refractivity (Wildman–Crippen MR) is 61.0 cm³/mol. The smallest absolute Gasteiger partial charge is 0.374 e. The van der Waals surface area contributed by atoms with Crippen LogP contribution in [0.1, 0.15) is 12.2 Å². The Labute approximate surface area is 107 Å². The SMILES string of the molecule is C=CC(=O)NCC[C@](O)(c1nccn1C)C(F)(F)F. The van der Waals surface area contributed by atoms with Gasteiger partial charge in [-0.15, -0.1) is 0 Å². The predicted octanol–water partition coefficient (Wildman–Crippen LogP) is 0.862. The lowest BCUT2D eigenvalue weighted by atomic mass is 9.97. The Hall–Kier alpha value is -1.83. The number of nitrogens with one attached hydrogen (secondary N) is 1. The molecule has 0 fully saturated rings. The van der Waals surface area contributed by atoms with Gasteiger partial charge in [0.15, 0.2) is 0 Å². The molecule has 0 bridgehead atoms. The summed E-state index contributed by atoms with van der Waals surface area (Å²) in [4.78, 5) is 14.4. The van der Waals surface area contributed by atoms with E-state index in [1.165, 1.54) is 13.2 Å². The lowest BCUT2D eigenvalue weighted by Crippen LogP contribution is -2.46. The third-order valence-corrected chi connectivity index (χ3v) is 2.63. The molecule has 0 saturated carbocycles. The van der Waals surface area contributed by atoms with Crippen LogP contribution in [0.4, 0.5) is 13.2 Å². The zero-order chi connectivity index (χ0) is 14.7. The highest BCUT2D eigenvalue weighted by Gasteiger charge is 2.57. The highest BCUT2D eigenvalue weighted by Crippen LogP contribution is 2.40. The number of carbonyl (C=O) groups excluding carboxylic acids is 1. The maximum atomic E-state index is 13.0. The van der Waals surface area contributed by atoms with Crippen LogP contribution in [0.15, 0.2) is 25.0 Å². The molecule has 5 nitrogen and oxygen atoms in total. The van der Waals surface area contributed by atoms with Crippen LogP contribution in [0.5, 0.6) is 0 Å². The molecule has 8 heteroatoms. The Morgan fingerprint density at radius 2 is 2.26 bits per heavy atom. The van der Waals surface area contributed by atoms with Gasteiger partial charge in [0.25, 0.3) is 0 Å². The van der Waals surface area contributed by atoms with Crippen LogP contribution in [0.2, 0.25) is 0 Å². The van der Waals surface area contributed by atoms with Crippen molar-refractivity contribution < 1.29 is 23.1 Å². The summed E-state index contributed by atoms with van der Waals surface area (Å²) in [6.45, 7) is 2.82. The van der Waals surface area contributed by atoms with Gasteiger partial charge in [-0.2, -0.15) is 13.2 Å². The van der Waals surface area contributed by atoms with Crippen molar-refractivity contribution in [3.8, 4) is 0 Å². The Kier molecular flexibility index (Phi) is 4.35. The number of aryl methyl sites for hydroxylation is 1. The van der Waals surface area contributed by atoms with Crippen LogP contribution in [-0.4, -0.2) is 33.3 Å². The number of alkyl halides is 3. The fourth-order valence-corrected chi connectivity index (χ4v) is 1.58. The summed E-state index contributed by atoms with van der Waals surface area (Å²) < 4.78 is 40.1. The topological polar surface area (TPSA) is 67.2 Å². The van der Waals surface area contributed by atoms with Gasteiger partial charge in [0.05, 0.1) is 0 Å². The molecule has 106 valence electrons. The molecule has 1 aromatic rings. The number of carbonyl (C=O) groups is 1. The molecule has 0 aliphatic heterocycles. The lowest BCUT2D eigenvalue weighted by molar-refractivity contribution is -0.272. The van der Waals surface area contributed by atoms with Crippen molar-refractivity contribution in [1.29, 1.82) is 0 Å². The number of hydrogen-bond donors (Lipinski definition) is 2. The molecule has 0 radical (unpaired) electrons. The van der Waals surface area contributed by atoms with Gasteiger partial charge in [0.1, 0.15) is 5.82 Å². The summed E-state index contributed by atoms with van der Waals surface area (Å²) in [5.41, 5.74) is -3.11. The summed E-state index contributed by atoms with van der Waals surface area (Å²) in [7, 11) is 1.35. The second-order valence-electron chi connectivity index (χ2n) is 3.96. The van der Waals surface area contributed by atoms with E-state index in [9.17, 15) is 23.1 Å². The first-order chi connectivity index (χ1) is 8.72. The molecule has 19 heavy (non-hydrogen) atoms. The molecule has 1 amide bonds. The second kappa shape index (κ2) is 5.43. The molecule has 0 aliphatic carbocycles. The van der Waals surface area contributed by atoms with E-state index >= 15 is 0 Å². The number of hydrogen-bond acceptors (Lipinski definition) is 3. The molecule has 0 aliphatic rings. The lowest BCUT2D eigenvalue weighted by Gasteiger charge is -2.29. The minimum atomic E-state index is -4.90. The van der Waals surface area contributed by atoms with Gasteiger partial charge < -0.3 is 15.0 Å². The van der Waals surface area contributed by atoms with Crippen molar-refractivity contribution in [2.24, 2.45) is 7.05 Å². The van der Waals surface area contributed by atoms with Gasteiger partial charge in [-0.05, 0) is 6.08 Å². The number of halogens is 3. The molecule has 0 unspecified atom stereocenters. The standard InChI is InChI=1S/C11H14F3N3O2/c1-3-8(18)15-5-4-10(19,11(12,13)14)9-16-6-7-17(9)2/h3,6-7,19H,1,4-5H2,2H3,(H,15,18)/t10-/m0/s1. The average Bonchev–Trinajstić information content (AvgIpc) is 2.73. The van der Waals surface area contributed by atoms with E-state index < -0.39 is 29.9 Å². The molecule has 0 spiro atoms. The fourth-order valence-electron chi connectivity index (χ4n) is 1.58. The van der Waals surface area contributed by atoms with E-state index in [4.69, 9.17) is 0 Å². The molecule has 2 N–H and O–H groups in total. The first kappa shape index (κ1) is 15.2. The van der Waals surface area contributed by atoms with E-state index in [0.29, 0.717) is 0 Å². The van der Waals surface area contributed by atoms with Crippen molar-refractivity contribution in [3.05, 3.63) is 30.9 Å². The Morgan fingerprint density at radius 1 is 1.63 bits per heavy atom. The van der Waals surface area contributed by atoms with Crippen molar-refractivity contribution in [2.75, 3.05) is 6.54 Å². The van der Waals surface area contributed by atoms with Crippen LogP contribution in [-0.2, 0) is 17.4 Å². The van der Waals surface area contributed by atoms with Gasteiger partial charge in [-0.3, -0.25) is 4.79 Å². The number of aliphatic hydroxyl groups is 1. The molecule has 1 heterocycles. The van der Waals surface area contributed by atoms with Gasteiger partial charge in [0.2, 0.25) is 11.5 Å². The Balaban J connectivity index is 2.93. The Morgan fingerprint density at radius 3 is 2.68 bits per heavy atom. The minimum Gasteiger partial charge on any atom is -0.374 e. The van der Waals surface area contributed by atoms with E-state index in [2.05, 4.69) is 16.9 Å². The van der Waals surface area contributed by atoms with Gasteiger partial charge in [0, 0.05) is 32.4 Å². The summed E-state index contributed by atoms with van der Waals surface area (Å²) >= 11 is 0. The third kappa shape index (κ3) is 3.14. The summed E-state index contributed by atoms with van der Waals surface area (Å²) in [6.07, 6.45) is -2.23. The normalized spacial score (nSPS) is 14.8. The monoisotopic (exact) mass is 277 g/mol. The zero-order valence-electron chi connectivity index (χ0n) is 10.2. The second-order valence-corrected chi connectivity index (χ2v) is 3.96. The van der Waals surface area contributed by atoms with E-state index in [-0.39, 0.29) is 6.54 Å². The average molecular weight is 277 g/mol. The molecule has 0 aromatic carbocycles. The fraction of sp³-hybridized carbons (Fsp3) is 0.455. The summed E-state index contributed by atoms with van der Waals surface area (Å²) in [5, 5.41) is 12.1. The quantitative estimate of drug-likeness (QED) is 0.785. The van der Waals surface area contributed by atoms with Crippen molar-refractivity contribution in [3.63, 3.8) is 0 Å². The van der Waals surface area contributed by atoms with Crippen LogP contribution in [0.3, 0.4) is 0 Å². The molecular formula is C11H14F3N3O2. The van der Waals surface area contributed by atoms with E-state index in [1.54, 1.807) is 0 Å². The molecule has 1 atom stereocenters. The molecular weight excluding hydrogens is 263 g/mol. The molecule has 1 aromatic heterocycles. The van der Waals surface area contributed by atoms with Crippen LogP contribution in [0, 0.1) is 0 Å². The first-order valence-corrected chi connectivity index (χ1v) is 5.39. The third-order valence-electron chi connectivity index (χ3n) is 2.63. The maximum Gasteiger partial charge on any atom is 0.424 e. The number of imidazole rings is 1. The van der Waals surface area contributed by atoms with Crippen molar-refractivity contribution in [1.82, 2.24) is 14.9 Å². The number of aromatic nitrogens is 2.